The van der Waals surface area contributed by atoms with Crippen molar-refractivity contribution in [2.75, 3.05) is 20.3 Å². The monoisotopic (exact) mass is 482 g/mol. The molecule has 2 heterocycles. The van der Waals surface area contributed by atoms with Crippen LogP contribution in [0, 0.1) is 12.8 Å². The van der Waals surface area contributed by atoms with Crippen LogP contribution in [0.2, 0.25) is 0 Å². The first-order valence-corrected chi connectivity index (χ1v) is 11.6. The Balaban J connectivity index is 2.49. The zero-order chi connectivity index (χ0) is 23.3. The number of aryl methyl sites for hydroxylation is 1. The Bertz CT molecular complexity index is 934. The first-order valence-electron chi connectivity index (χ1n) is 9.00. The summed E-state index contributed by atoms with van der Waals surface area (Å²) in [6, 6.07) is 0. The molecule has 174 valence electrons. The Hall–Kier alpha value is -1.96. The predicted molar refractivity (Wildman–Crippen MR) is 108 cm³/mol. The van der Waals surface area contributed by atoms with Gasteiger partial charge in [-0.2, -0.15) is 0 Å². The summed E-state index contributed by atoms with van der Waals surface area (Å²) in [5, 5.41) is 18.4. The van der Waals surface area contributed by atoms with Crippen LogP contribution in [0.5, 0.6) is 0 Å². The molecule has 2 rings (SSSR count). The van der Waals surface area contributed by atoms with Gasteiger partial charge in [-0.3, -0.25) is 28.5 Å². The third kappa shape index (κ3) is 6.28. The summed E-state index contributed by atoms with van der Waals surface area (Å²) in [5.74, 6) is -5.07. The van der Waals surface area contributed by atoms with Crippen molar-refractivity contribution < 1.29 is 43.1 Å². The van der Waals surface area contributed by atoms with Crippen molar-refractivity contribution in [2.24, 2.45) is 5.92 Å². The number of aromatic nitrogens is 2. The van der Waals surface area contributed by atoms with E-state index in [1.54, 1.807) is 0 Å². The summed E-state index contributed by atoms with van der Waals surface area (Å²) >= 11 is 3.74. The normalized spacial score (nSPS) is 24.4. The third-order valence-corrected chi connectivity index (χ3v) is 5.39. The minimum Gasteiger partial charge on any atom is -0.481 e. The number of methoxy groups -OCH3 is 1. The molecule has 15 heteroatoms. The van der Waals surface area contributed by atoms with Gasteiger partial charge in [-0.1, -0.05) is 12.2 Å². The van der Waals surface area contributed by atoms with Crippen LogP contribution in [-0.2, 0) is 32.9 Å². The van der Waals surface area contributed by atoms with Gasteiger partial charge in [-0.25, -0.2) is 4.79 Å². The van der Waals surface area contributed by atoms with Crippen LogP contribution in [0.25, 0.3) is 0 Å². The molecule has 0 amide bonds. The van der Waals surface area contributed by atoms with E-state index in [4.69, 9.17) is 18.7 Å². The fraction of sp³-hybridized carbons (Fsp3) is 0.625. The number of nitrogens with zero attached hydrogens (tertiary/aromatic N) is 1. The number of nitrogens with one attached hydrogen (secondary N) is 1. The zero-order valence-electron chi connectivity index (χ0n) is 16.5. The summed E-state index contributed by atoms with van der Waals surface area (Å²) in [6.45, 7) is 1.59. The number of aliphatic carboxylic acids is 2. The van der Waals surface area contributed by atoms with E-state index in [2.05, 4.69) is 17.2 Å². The van der Waals surface area contributed by atoms with Crippen LogP contribution in [0.4, 0.5) is 0 Å². The van der Waals surface area contributed by atoms with Crippen molar-refractivity contribution in [3.8, 4) is 0 Å². The molecule has 5 atom stereocenters. The van der Waals surface area contributed by atoms with Crippen LogP contribution in [0.1, 0.15) is 18.2 Å². The molecule has 1 aromatic rings. The largest absolute Gasteiger partial charge is 0.481 e. The lowest BCUT2D eigenvalue weighted by atomic mass is 9.97. The molecule has 1 aromatic heterocycles. The molecule has 1 saturated heterocycles. The summed E-state index contributed by atoms with van der Waals surface area (Å²) in [7, 11) is -1.48. The van der Waals surface area contributed by atoms with E-state index in [9.17, 15) is 34.0 Å². The first-order chi connectivity index (χ1) is 14.6. The van der Waals surface area contributed by atoms with E-state index in [1.165, 1.54) is 20.2 Å². The lowest BCUT2D eigenvalue weighted by Crippen LogP contribution is -2.41. The van der Waals surface area contributed by atoms with E-state index < -0.39 is 67.3 Å². The highest BCUT2D eigenvalue weighted by atomic mass is 32.7. The van der Waals surface area contributed by atoms with Crippen molar-refractivity contribution in [3.05, 3.63) is 32.6 Å². The molecule has 1 fully saturated rings. The van der Waals surface area contributed by atoms with Gasteiger partial charge in [0.15, 0.2) is 12.1 Å². The number of carboxylic acid groups (broad SMARTS) is 2. The third-order valence-electron chi connectivity index (χ3n) is 4.60. The highest BCUT2D eigenvalue weighted by molar-refractivity contribution is 8.39. The molecule has 0 bridgehead atoms. The van der Waals surface area contributed by atoms with Gasteiger partial charge in [-0.15, -0.1) is 0 Å². The molecule has 1 aliphatic heterocycles. The van der Waals surface area contributed by atoms with E-state index in [0.29, 0.717) is 0 Å². The van der Waals surface area contributed by atoms with Crippen molar-refractivity contribution in [2.45, 2.75) is 37.9 Å². The summed E-state index contributed by atoms with van der Waals surface area (Å²) in [5.41, 5.74) is -1.28. The second kappa shape index (κ2) is 11.1. The molecule has 0 aliphatic carbocycles. The van der Waals surface area contributed by atoms with Crippen LogP contribution in [0.15, 0.2) is 15.8 Å². The highest BCUT2D eigenvalue weighted by Crippen LogP contribution is 2.42. The average molecular weight is 482 g/mol. The molecule has 2 unspecified atom stereocenters. The number of aromatic amines is 1. The summed E-state index contributed by atoms with van der Waals surface area (Å²) < 4.78 is 34.5. The molecular weight excluding hydrogens is 459 g/mol. The van der Waals surface area contributed by atoms with Crippen LogP contribution < -0.4 is 11.2 Å². The smallest absolute Gasteiger partial charge is 0.330 e. The first kappa shape index (κ1) is 25.3. The number of H-pyrrole nitrogens is 1. The van der Waals surface area contributed by atoms with Gasteiger partial charge < -0.3 is 28.9 Å². The quantitative estimate of drug-likeness (QED) is 0.140. The topological polar surface area (TPSA) is 183 Å². The van der Waals surface area contributed by atoms with Crippen molar-refractivity contribution in [3.63, 3.8) is 0 Å². The molecule has 31 heavy (non-hydrogen) atoms. The Morgan fingerprint density at radius 2 is 1.94 bits per heavy atom. The lowest BCUT2D eigenvalue weighted by molar-refractivity contribution is -0.157. The summed E-state index contributed by atoms with van der Waals surface area (Å²) in [4.78, 5) is 48.9. The van der Waals surface area contributed by atoms with Crippen molar-refractivity contribution in [1.82, 2.24) is 9.55 Å². The van der Waals surface area contributed by atoms with Crippen LogP contribution >= 0.6 is 19.5 Å². The standard InChI is InChI=1S/C16H23N2O11PS/c1-7-6-18(16(24)17-12(7)19)13-11(27-4-3-26-2)10(29-30(25)31)9(28-13)5-8(14(20)21)15(22)23/h6,8-11,13,30H,3-5H2,1-2H3,(H,20,21)(H,22,23)(H,25,31)(H,17,19,24)/t9-,10?,11+,13-/m1/s1. The van der Waals surface area contributed by atoms with Gasteiger partial charge in [-0.05, 0) is 6.92 Å². The van der Waals surface area contributed by atoms with Crippen LogP contribution in [0.3, 0.4) is 0 Å². The Morgan fingerprint density at radius 3 is 2.48 bits per heavy atom. The Kier molecular flexibility index (Phi) is 9.03. The second-order valence-corrected chi connectivity index (χ2v) is 8.55. The van der Waals surface area contributed by atoms with Gasteiger partial charge in [0, 0.05) is 25.3 Å². The second-order valence-electron chi connectivity index (χ2n) is 6.69. The maximum absolute atomic E-state index is 12.4. The minimum atomic E-state index is -2.90. The Morgan fingerprint density at radius 1 is 1.29 bits per heavy atom. The van der Waals surface area contributed by atoms with Crippen molar-refractivity contribution >= 4 is 31.4 Å². The molecule has 0 saturated carbocycles. The fourth-order valence-electron chi connectivity index (χ4n) is 3.14. The number of carbonyl (C=O) groups is 2. The van der Waals surface area contributed by atoms with Gasteiger partial charge in [0.1, 0.15) is 12.2 Å². The number of ether oxygens (including phenoxy) is 3. The van der Waals surface area contributed by atoms with Gasteiger partial charge in [0.2, 0.25) is 7.23 Å². The maximum Gasteiger partial charge on any atom is 0.330 e. The zero-order valence-corrected chi connectivity index (χ0v) is 18.4. The van der Waals surface area contributed by atoms with Crippen molar-refractivity contribution in [1.29, 1.82) is 0 Å². The fourth-order valence-corrected chi connectivity index (χ4v) is 4.02. The number of carboxylic acids is 2. The Labute approximate surface area is 181 Å². The van der Waals surface area contributed by atoms with Gasteiger partial charge in [0.25, 0.3) is 5.56 Å². The lowest BCUT2D eigenvalue weighted by Gasteiger charge is -2.24. The van der Waals surface area contributed by atoms with E-state index in [0.717, 1.165) is 4.57 Å². The minimum absolute atomic E-state index is 0.000511. The van der Waals surface area contributed by atoms with Crippen LogP contribution in [-0.4, -0.2) is 70.3 Å². The molecule has 0 aromatic carbocycles. The molecule has 13 nitrogen and oxygen atoms in total. The number of rotatable bonds is 11. The average Bonchev–Trinajstić information content (AvgIpc) is 2.99. The van der Waals surface area contributed by atoms with Gasteiger partial charge in [0.05, 0.1) is 19.3 Å². The number of hydrogen-bond donors (Lipinski definition) is 4. The molecule has 0 radical (unpaired) electrons. The number of thiol groups is 1. The van der Waals surface area contributed by atoms with E-state index >= 15 is 0 Å². The SMILES string of the molecule is COCCO[C@H]1C(O[PH](=O)S)[C@@H](CC(C(=O)O)C(=O)O)O[C@H]1n1cc(C)c(=O)[nH]c1=O. The van der Waals surface area contributed by atoms with Gasteiger partial charge >= 0.3 is 17.6 Å². The molecule has 0 spiro atoms. The molecular formula is C16H23N2O11PS. The number of hydrogen-bond acceptors (Lipinski definition) is 9. The molecule has 1 aliphatic rings. The summed E-state index contributed by atoms with van der Waals surface area (Å²) in [6.07, 6.45) is -4.15. The predicted octanol–water partition coefficient (Wildman–Crippen LogP) is -0.346. The highest BCUT2D eigenvalue weighted by Gasteiger charge is 2.50. The maximum atomic E-state index is 12.4. The van der Waals surface area contributed by atoms with E-state index in [-0.39, 0.29) is 18.8 Å². The molecule has 3 N–H and O–H groups in total. The van der Waals surface area contributed by atoms with E-state index in [1.807, 2.05) is 0 Å².